The Bertz CT molecular complexity index is 595. The molecule has 0 unspecified atom stereocenters. The molecule has 0 radical (unpaired) electrons. The van der Waals surface area contributed by atoms with Crippen molar-refractivity contribution in [1.29, 1.82) is 0 Å². The second kappa shape index (κ2) is 5.67. The predicted octanol–water partition coefficient (Wildman–Crippen LogP) is 2.20. The molecule has 19 heavy (non-hydrogen) atoms. The van der Waals surface area contributed by atoms with Crippen molar-refractivity contribution >= 4 is 29.1 Å². The van der Waals surface area contributed by atoms with Crippen LogP contribution in [0.4, 0.5) is 11.6 Å². The number of carbonyl (C=O) groups is 1. The van der Waals surface area contributed by atoms with Gasteiger partial charge in [-0.1, -0.05) is 23.7 Å². The highest BCUT2D eigenvalue weighted by Crippen LogP contribution is 2.11. The number of rotatable bonds is 3. The number of nitrogens with two attached hydrogens (primary N) is 1. The van der Waals surface area contributed by atoms with Crippen LogP contribution in [0, 0.1) is 6.92 Å². The molecule has 5 nitrogen and oxygen atoms in total. The highest BCUT2D eigenvalue weighted by atomic mass is 35.5. The molecular weight excluding hydrogens is 264 g/mol. The molecule has 0 saturated heterocycles. The van der Waals surface area contributed by atoms with Gasteiger partial charge in [-0.15, -0.1) is 0 Å². The molecule has 2 aromatic rings. The Morgan fingerprint density at radius 1 is 1.37 bits per heavy atom. The molecule has 1 aromatic heterocycles. The Morgan fingerprint density at radius 2 is 2.16 bits per heavy atom. The van der Waals surface area contributed by atoms with Crippen LogP contribution in [0.15, 0.2) is 30.3 Å². The summed E-state index contributed by atoms with van der Waals surface area (Å²) in [6, 6.07) is 8.78. The molecule has 0 aliphatic heterocycles. The molecule has 0 fully saturated rings. The van der Waals surface area contributed by atoms with Crippen molar-refractivity contribution in [1.82, 2.24) is 9.97 Å². The van der Waals surface area contributed by atoms with Gasteiger partial charge in [-0.2, -0.15) is 0 Å². The summed E-state index contributed by atoms with van der Waals surface area (Å²) >= 11 is 5.80. The number of aryl methyl sites for hydroxylation is 1. The van der Waals surface area contributed by atoms with Crippen molar-refractivity contribution in [3.63, 3.8) is 0 Å². The highest BCUT2D eigenvalue weighted by molar-refractivity contribution is 6.29. The van der Waals surface area contributed by atoms with Crippen molar-refractivity contribution < 1.29 is 4.79 Å². The average Bonchev–Trinajstić information content (AvgIpc) is 2.26. The van der Waals surface area contributed by atoms with Gasteiger partial charge in [-0.3, -0.25) is 10.1 Å². The number of benzene rings is 1. The lowest BCUT2D eigenvalue weighted by Gasteiger charge is -2.05. The van der Waals surface area contributed by atoms with Crippen LogP contribution < -0.4 is 11.1 Å². The van der Waals surface area contributed by atoms with Crippen LogP contribution in [-0.4, -0.2) is 15.9 Å². The minimum atomic E-state index is -0.215. The number of anilines is 2. The minimum absolute atomic E-state index is 0.207. The fourth-order valence-corrected chi connectivity index (χ4v) is 1.88. The summed E-state index contributed by atoms with van der Waals surface area (Å²) in [6.07, 6.45) is 0.208. The third-order valence-corrected chi connectivity index (χ3v) is 2.58. The molecule has 6 heteroatoms. The van der Waals surface area contributed by atoms with E-state index in [2.05, 4.69) is 15.3 Å². The second-order valence-electron chi connectivity index (χ2n) is 4.13. The SMILES string of the molecule is Cc1cc(Cl)nc(NC(=O)Cc2cccc(N)c2)n1. The van der Waals surface area contributed by atoms with Gasteiger partial charge in [0.25, 0.3) is 0 Å². The van der Waals surface area contributed by atoms with Crippen LogP contribution in [0.25, 0.3) is 0 Å². The van der Waals surface area contributed by atoms with Gasteiger partial charge in [0.2, 0.25) is 11.9 Å². The summed E-state index contributed by atoms with van der Waals surface area (Å²) in [6.45, 7) is 1.78. The van der Waals surface area contributed by atoms with Crippen LogP contribution in [0.3, 0.4) is 0 Å². The van der Waals surface area contributed by atoms with E-state index in [-0.39, 0.29) is 18.3 Å². The maximum absolute atomic E-state index is 11.8. The number of aromatic nitrogens is 2. The summed E-state index contributed by atoms with van der Waals surface area (Å²) in [4.78, 5) is 19.9. The normalized spacial score (nSPS) is 10.2. The summed E-state index contributed by atoms with van der Waals surface area (Å²) < 4.78 is 0. The Morgan fingerprint density at radius 3 is 2.84 bits per heavy atom. The number of halogens is 1. The monoisotopic (exact) mass is 276 g/mol. The number of hydrogen-bond donors (Lipinski definition) is 2. The number of nitrogens with zero attached hydrogens (tertiary/aromatic N) is 2. The molecule has 0 aliphatic carbocycles. The zero-order chi connectivity index (χ0) is 13.8. The van der Waals surface area contributed by atoms with Gasteiger partial charge in [0.15, 0.2) is 0 Å². The number of nitrogens with one attached hydrogen (secondary N) is 1. The number of amides is 1. The lowest BCUT2D eigenvalue weighted by Crippen LogP contribution is -2.16. The van der Waals surface area contributed by atoms with Gasteiger partial charge < -0.3 is 5.73 Å². The quantitative estimate of drug-likeness (QED) is 0.665. The molecule has 1 heterocycles. The van der Waals surface area contributed by atoms with Crippen LogP contribution in [-0.2, 0) is 11.2 Å². The summed E-state index contributed by atoms with van der Waals surface area (Å²) in [5, 5.41) is 2.90. The van der Waals surface area contributed by atoms with Crippen molar-refractivity contribution in [3.05, 3.63) is 46.7 Å². The molecule has 0 bridgehead atoms. The molecule has 2 rings (SSSR count). The number of carbonyl (C=O) groups excluding carboxylic acids is 1. The lowest BCUT2D eigenvalue weighted by molar-refractivity contribution is -0.115. The van der Waals surface area contributed by atoms with Gasteiger partial charge in [0.1, 0.15) is 5.15 Å². The first kappa shape index (κ1) is 13.3. The zero-order valence-corrected chi connectivity index (χ0v) is 11.1. The largest absolute Gasteiger partial charge is 0.399 e. The van der Waals surface area contributed by atoms with Gasteiger partial charge in [0.05, 0.1) is 6.42 Å². The molecular formula is C13H13ClN4O. The molecule has 3 N–H and O–H groups in total. The molecule has 0 saturated carbocycles. The zero-order valence-electron chi connectivity index (χ0n) is 10.4. The van der Waals surface area contributed by atoms with Crippen LogP contribution in [0.2, 0.25) is 5.15 Å². The molecule has 1 aromatic carbocycles. The maximum Gasteiger partial charge on any atom is 0.231 e. The van der Waals surface area contributed by atoms with E-state index in [1.165, 1.54) is 0 Å². The standard InChI is InChI=1S/C13H13ClN4O/c1-8-5-11(14)17-13(16-8)18-12(19)7-9-3-2-4-10(15)6-9/h2-6H,7,15H2,1H3,(H,16,17,18,19). The molecule has 0 spiro atoms. The van der Waals surface area contributed by atoms with Crippen molar-refractivity contribution in [2.45, 2.75) is 13.3 Å². The molecule has 0 atom stereocenters. The third-order valence-electron chi connectivity index (χ3n) is 2.39. The van der Waals surface area contributed by atoms with Gasteiger partial charge in [-0.05, 0) is 30.7 Å². The highest BCUT2D eigenvalue weighted by Gasteiger charge is 2.07. The van der Waals surface area contributed by atoms with Gasteiger partial charge >= 0.3 is 0 Å². The topological polar surface area (TPSA) is 80.9 Å². The van der Waals surface area contributed by atoms with Crippen molar-refractivity contribution in [2.75, 3.05) is 11.1 Å². The number of hydrogen-bond acceptors (Lipinski definition) is 4. The smallest absolute Gasteiger partial charge is 0.231 e. The van der Waals surface area contributed by atoms with E-state index in [0.29, 0.717) is 16.5 Å². The van der Waals surface area contributed by atoms with E-state index in [1.54, 1.807) is 31.2 Å². The van der Waals surface area contributed by atoms with Crippen LogP contribution in [0.1, 0.15) is 11.3 Å². The van der Waals surface area contributed by atoms with Crippen LogP contribution >= 0.6 is 11.6 Å². The maximum atomic E-state index is 11.8. The van der Waals surface area contributed by atoms with E-state index in [1.807, 2.05) is 6.07 Å². The summed E-state index contributed by atoms with van der Waals surface area (Å²) in [7, 11) is 0. The number of nitrogen functional groups attached to an aromatic ring is 1. The van der Waals surface area contributed by atoms with E-state index in [4.69, 9.17) is 17.3 Å². The first-order valence-electron chi connectivity index (χ1n) is 5.68. The van der Waals surface area contributed by atoms with Gasteiger partial charge in [-0.25, -0.2) is 9.97 Å². The van der Waals surface area contributed by atoms with E-state index < -0.39 is 0 Å². The third kappa shape index (κ3) is 3.93. The molecule has 0 aliphatic rings. The average molecular weight is 277 g/mol. The van der Waals surface area contributed by atoms with Crippen LogP contribution in [0.5, 0.6) is 0 Å². The molecule has 1 amide bonds. The first-order chi connectivity index (χ1) is 9.02. The summed E-state index contributed by atoms with van der Waals surface area (Å²) in [5.74, 6) is -0.00818. The van der Waals surface area contributed by atoms with E-state index in [9.17, 15) is 4.79 Å². The Kier molecular flexibility index (Phi) is 3.97. The predicted molar refractivity (Wildman–Crippen MR) is 75.0 cm³/mol. The lowest BCUT2D eigenvalue weighted by atomic mass is 10.1. The van der Waals surface area contributed by atoms with E-state index >= 15 is 0 Å². The first-order valence-corrected chi connectivity index (χ1v) is 6.06. The fraction of sp³-hybridized carbons (Fsp3) is 0.154. The van der Waals surface area contributed by atoms with E-state index in [0.717, 1.165) is 5.56 Å². The Balaban J connectivity index is 2.05. The Labute approximate surface area is 115 Å². The Hall–Kier alpha value is -2.14. The molecule has 98 valence electrons. The summed E-state index contributed by atoms with van der Waals surface area (Å²) in [5.41, 5.74) is 7.80. The van der Waals surface area contributed by atoms with Crippen molar-refractivity contribution in [2.24, 2.45) is 0 Å². The van der Waals surface area contributed by atoms with Gasteiger partial charge in [0, 0.05) is 11.4 Å². The fourth-order valence-electron chi connectivity index (χ4n) is 1.64. The van der Waals surface area contributed by atoms with Crippen molar-refractivity contribution in [3.8, 4) is 0 Å². The second-order valence-corrected chi connectivity index (χ2v) is 4.51. The minimum Gasteiger partial charge on any atom is -0.399 e.